The minimum atomic E-state index is -3.47. The van der Waals surface area contributed by atoms with Crippen LogP contribution in [0, 0.1) is 6.92 Å². The molecule has 1 fully saturated rings. The first-order chi connectivity index (χ1) is 14.3. The van der Waals surface area contributed by atoms with Crippen LogP contribution in [-0.2, 0) is 26.0 Å². The molecule has 0 bridgehead atoms. The number of hydrogen-bond acceptors (Lipinski definition) is 5. The average Bonchev–Trinajstić information content (AvgIpc) is 3.54. The fourth-order valence-electron chi connectivity index (χ4n) is 2.68. The number of sulfonamides is 1. The maximum atomic E-state index is 12.1. The molecule has 0 heterocycles. The minimum absolute atomic E-state index is 0.0359. The fourth-order valence-corrected chi connectivity index (χ4v) is 3.99. The van der Waals surface area contributed by atoms with E-state index < -0.39 is 10.0 Å². The lowest BCUT2D eigenvalue weighted by molar-refractivity contribution is -0.128. The SMILES string of the molecule is Cc1ccc(NCC(=O)NNC(=O)CCc2ccc(S(=O)(=O)NC3CC3)cc2)cc1. The normalized spacial score (nSPS) is 13.5. The Balaban J connectivity index is 1.36. The standard InChI is InChI=1S/C21H26N4O4S/c1-15-2-7-17(8-3-15)22-14-21(27)24-23-20(26)13-6-16-4-11-19(12-5-16)30(28,29)25-18-9-10-18/h2-5,7-8,11-12,18,22,25H,6,9-10,13-14H2,1H3,(H,23,26)(H,24,27). The van der Waals surface area contributed by atoms with Gasteiger partial charge in [-0.15, -0.1) is 0 Å². The summed E-state index contributed by atoms with van der Waals surface area (Å²) in [4.78, 5) is 24.0. The summed E-state index contributed by atoms with van der Waals surface area (Å²) >= 11 is 0. The number of amides is 2. The summed E-state index contributed by atoms with van der Waals surface area (Å²) in [5.74, 6) is -0.688. The molecule has 0 atom stereocenters. The van der Waals surface area contributed by atoms with E-state index in [-0.39, 0.29) is 35.7 Å². The van der Waals surface area contributed by atoms with E-state index in [4.69, 9.17) is 0 Å². The van der Waals surface area contributed by atoms with Gasteiger partial charge in [-0.1, -0.05) is 29.8 Å². The van der Waals surface area contributed by atoms with Crippen LogP contribution in [0.3, 0.4) is 0 Å². The Hall–Kier alpha value is -2.91. The van der Waals surface area contributed by atoms with Crippen molar-refractivity contribution in [2.24, 2.45) is 0 Å². The maximum absolute atomic E-state index is 12.1. The number of nitrogens with one attached hydrogen (secondary N) is 4. The lowest BCUT2D eigenvalue weighted by atomic mass is 10.1. The smallest absolute Gasteiger partial charge is 0.257 e. The van der Waals surface area contributed by atoms with Gasteiger partial charge in [-0.3, -0.25) is 20.4 Å². The summed E-state index contributed by atoms with van der Waals surface area (Å²) in [5, 5.41) is 2.97. The lowest BCUT2D eigenvalue weighted by Gasteiger charge is -2.10. The number of anilines is 1. The second kappa shape index (κ2) is 9.73. The Morgan fingerprint density at radius 3 is 2.20 bits per heavy atom. The third-order valence-corrected chi connectivity index (χ3v) is 6.16. The zero-order valence-corrected chi connectivity index (χ0v) is 17.6. The van der Waals surface area contributed by atoms with Gasteiger partial charge in [0.15, 0.2) is 0 Å². The van der Waals surface area contributed by atoms with E-state index in [1.54, 1.807) is 12.1 Å². The molecule has 0 spiro atoms. The summed E-state index contributed by atoms with van der Waals surface area (Å²) in [6.07, 6.45) is 2.35. The highest BCUT2D eigenvalue weighted by molar-refractivity contribution is 7.89. The predicted octanol–water partition coefficient (Wildman–Crippen LogP) is 1.63. The third kappa shape index (κ3) is 6.85. The number of carbonyl (C=O) groups excluding carboxylic acids is 2. The summed E-state index contributed by atoms with van der Waals surface area (Å²) < 4.78 is 26.9. The molecule has 2 amide bonds. The summed E-state index contributed by atoms with van der Waals surface area (Å²) in [6, 6.07) is 14.1. The monoisotopic (exact) mass is 430 g/mol. The Kier molecular flexibility index (Phi) is 7.07. The van der Waals surface area contributed by atoms with E-state index in [1.165, 1.54) is 12.1 Å². The molecule has 1 aliphatic rings. The second-order valence-electron chi connectivity index (χ2n) is 7.36. The molecular formula is C21H26N4O4S. The van der Waals surface area contributed by atoms with E-state index in [9.17, 15) is 18.0 Å². The van der Waals surface area contributed by atoms with Gasteiger partial charge >= 0.3 is 0 Å². The van der Waals surface area contributed by atoms with Crippen molar-refractivity contribution in [1.29, 1.82) is 0 Å². The highest BCUT2D eigenvalue weighted by Gasteiger charge is 2.27. The topological polar surface area (TPSA) is 116 Å². The van der Waals surface area contributed by atoms with Gasteiger partial charge in [0.25, 0.3) is 5.91 Å². The van der Waals surface area contributed by atoms with Gasteiger partial charge in [-0.05, 0) is 56.0 Å². The van der Waals surface area contributed by atoms with Crippen molar-refractivity contribution in [2.45, 2.75) is 43.5 Å². The van der Waals surface area contributed by atoms with Crippen molar-refractivity contribution >= 4 is 27.5 Å². The van der Waals surface area contributed by atoms with Crippen molar-refractivity contribution < 1.29 is 18.0 Å². The molecule has 1 aliphatic carbocycles. The number of benzene rings is 2. The molecule has 0 unspecified atom stereocenters. The van der Waals surface area contributed by atoms with E-state index in [1.807, 2.05) is 31.2 Å². The molecule has 30 heavy (non-hydrogen) atoms. The Bertz CT molecular complexity index is 985. The van der Waals surface area contributed by atoms with E-state index in [0.29, 0.717) is 6.42 Å². The van der Waals surface area contributed by atoms with Crippen LogP contribution >= 0.6 is 0 Å². The minimum Gasteiger partial charge on any atom is -0.376 e. The van der Waals surface area contributed by atoms with Crippen molar-refractivity contribution in [3.8, 4) is 0 Å². The molecular weight excluding hydrogens is 404 g/mol. The molecule has 8 nitrogen and oxygen atoms in total. The van der Waals surface area contributed by atoms with Crippen LogP contribution in [0.25, 0.3) is 0 Å². The van der Waals surface area contributed by atoms with Crippen LogP contribution in [0.1, 0.15) is 30.4 Å². The average molecular weight is 431 g/mol. The molecule has 2 aromatic rings. The van der Waals surface area contributed by atoms with Gasteiger partial charge in [0.2, 0.25) is 15.9 Å². The number of rotatable bonds is 9. The zero-order valence-electron chi connectivity index (χ0n) is 16.8. The number of carbonyl (C=O) groups is 2. The number of hydrogen-bond donors (Lipinski definition) is 4. The molecule has 0 radical (unpaired) electrons. The fraction of sp³-hybridized carbons (Fsp3) is 0.333. The molecule has 0 aromatic heterocycles. The lowest BCUT2D eigenvalue weighted by Crippen LogP contribution is -2.44. The maximum Gasteiger partial charge on any atom is 0.257 e. The van der Waals surface area contributed by atoms with Crippen molar-refractivity contribution in [3.05, 3.63) is 59.7 Å². The van der Waals surface area contributed by atoms with Gasteiger partial charge < -0.3 is 5.32 Å². The van der Waals surface area contributed by atoms with Crippen LogP contribution in [0.2, 0.25) is 0 Å². The summed E-state index contributed by atoms with van der Waals surface area (Å²) in [7, 11) is -3.47. The third-order valence-electron chi connectivity index (χ3n) is 4.62. The summed E-state index contributed by atoms with van der Waals surface area (Å²) in [6.45, 7) is 2.02. The largest absolute Gasteiger partial charge is 0.376 e. The van der Waals surface area contributed by atoms with Crippen LogP contribution in [0.5, 0.6) is 0 Å². The number of aryl methyl sites for hydroxylation is 2. The predicted molar refractivity (Wildman–Crippen MR) is 114 cm³/mol. The molecule has 160 valence electrons. The molecule has 3 rings (SSSR count). The first-order valence-electron chi connectivity index (χ1n) is 9.81. The van der Waals surface area contributed by atoms with Crippen LogP contribution in [-0.4, -0.2) is 32.8 Å². The van der Waals surface area contributed by atoms with Crippen molar-refractivity contribution in [2.75, 3.05) is 11.9 Å². The van der Waals surface area contributed by atoms with Gasteiger partial charge in [0, 0.05) is 18.2 Å². The highest BCUT2D eigenvalue weighted by Crippen LogP contribution is 2.22. The molecule has 4 N–H and O–H groups in total. The summed E-state index contributed by atoms with van der Waals surface area (Å²) in [5.41, 5.74) is 7.53. The van der Waals surface area contributed by atoms with Crippen LogP contribution in [0.15, 0.2) is 53.4 Å². The first kappa shape index (κ1) is 21.8. The van der Waals surface area contributed by atoms with Crippen LogP contribution < -0.4 is 20.9 Å². The Labute approximate surface area is 176 Å². The van der Waals surface area contributed by atoms with Crippen LogP contribution in [0.4, 0.5) is 5.69 Å². The molecule has 2 aromatic carbocycles. The number of hydrazine groups is 1. The molecule has 0 saturated heterocycles. The second-order valence-corrected chi connectivity index (χ2v) is 9.07. The van der Waals surface area contributed by atoms with E-state index in [2.05, 4.69) is 20.9 Å². The van der Waals surface area contributed by atoms with Gasteiger partial charge in [-0.2, -0.15) is 0 Å². The quantitative estimate of drug-likeness (QED) is 0.451. The first-order valence-corrected chi connectivity index (χ1v) is 11.3. The van der Waals surface area contributed by atoms with Crippen molar-refractivity contribution in [1.82, 2.24) is 15.6 Å². The van der Waals surface area contributed by atoms with E-state index in [0.717, 1.165) is 29.7 Å². The molecule has 9 heteroatoms. The van der Waals surface area contributed by atoms with Gasteiger partial charge in [0.05, 0.1) is 11.4 Å². The Morgan fingerprint density at radius 2 is 1.57 bits per heavy atom. The van der Waals surface area contributed by atoms with E-state index >= 15 is 0 Å². The molecule has 0 aliphatic heterocycles. The van der Waals surface area contributed by atoms with Gasteiger partial charge in [-0.25, -0.2) is 13.1 Å². The molecule has 1 saturated carbocycles. The van der Waals surface area contributed by atoms with Gasteiger partial charge in [0.1, 0.15) is 0 Å². The highest BCUT2D eigenvalue weighted by atomic mass is 32.2. The zero-order chi connectivity index (χ0) is 21.6. The Morgan fingerprint density at radius 1 is 0.933 bits per heavy atom. The van der Waals surface area contributed by atoms with Crippen molar-refractivity contribution in [3.63, 3.8) is 0 Å².